The molecule has 2 rings (SSSR count). The number of Topliss-reactive ketones (excluding diaryl/α,β-unsaturated/α-hetero) is 1. The van der Waals surface area contributed by atoms with E-state index in [0.717, 1.165) is 22.3 Å². The SMILES string of the molecule is CCNCC(=O)c1ccc2scnc2c1. The van der Waals surface area contributed by atoms with Crippen LogP contribution in [0.4, 0.5) is 0 Å². The van der Waals surface area contributed by atoms with E-state index in [0.29, 0.717) is 6.54 Å². The van der Waals surface area contributed by atoms with Crippen molar-refractivity contribution in [2.45, 2.75) is 6.92 Å². The number of hydrogen-bond donors (Lipinski definition) is 1. The zero-order valence-electron chi connectivity index (χ0n) is 8.49. The summed E-state index contributed by atoms with van der Waals surface area (Å²) < 4.78 is 1.12. The minimum absolute atomic E-state index is 0.117. The van der Waals surface area contributed by atoms with Crippen LogP contribution < -0.4 is 5.32 Å². The Balaban J connectivity index is 2.23. The lowest BCUT2D eigenvalue weighted by atomic mass is 10.1. The number of carbonyl (C=O) groups excluding carboxylic acids is 1. The van der Waals surface area contributed by atoms with Gasteiger partial charge in [0.2, 0.25) is 0 Å². The van der Waals surface area contributed by atoms with E-state index in [2.05, 4.69) is 10.3 Å². The smallest absolute Gasteiger partial charge is 0.176 e. The van der Waals surface area contributed by atoms with E-state index >= 15 is 0 Å². The molecule has 3 nitrogen and oxygen atoms in total. The average molecular weight is 220 g/mol. The number of hydrogen-bond acceptors (Lipinski definition) is 4. The summed E-state index contributed by atoms with van der Waals surface area (Å²) in [5.74, 6) is 0.117. The molecule has 0 saturated carbocycles. The Kier molecular flexibility index (Phi) is 3.08. The molecule has 15 heavy (non-hydrogen) atoms. The van der Waals surface area contributed by atoms with Crippen molar-refractivity contribution in [1.82, 2.24) is 10.3 Å². The van der Waals surface area contributed by atoms with Gasteiger partial charge in [-0.3, -0.25) is 4.79 Å². The summed E-state index contributed by atoms with van der Waals surface area (Å²) >= 11 is 1.59. The largest absolute Gasteiger partial charge is 0.310 e. The van der Waals surface area contributed by atoms with Crippen LogP contribution >= 0.6 is 11.3 Å². The van der Waals surface area contributed by atoms with E-state index < -0.39 is 0 Å². The molecule has 1 aromatic carbocycles. The van der Waals surface area contributed by atoms with Crippen LogP contribution in [0.2, 0.25) is 0 Å². The van der Waals surface area contributed by atoms with Crippen molar-refractivity contribution in [3.8, 4) is 0 Å². The topological polar surface area (TPSA) is 42.0 Å². The lowest BCUT2D eigenvalue weighted by Crippen LogP contribution is -2.22. The van der Waals surface area contributed by atoms with E-state index in [9.17, 15) is 4.79 Å². The number of benzene rings is 1. The predicted molar refractivity (Wildman–Crippen MR) is 62.5 cm³/mol. The van der Waals surface area contributed by atoms with Crippen LogP contribution in [0.15, 0.2) is 23.7 Å². The fourth-order valence-corrected chi connectivity index (χ4v) is 2.03. The molecular formula is C11H12N2OS. The lowest BCUT2D eigenvalue weighted by Gasteiger charge is -2.01. The molecule has 1 N–H and O–H groups in total. The molecule has 0 atom stereocenters. The molecule has 2 aromatic rings. The van der Waals surface area contributed by atoms with Gasteiger partial charge in [-0.2, -0.15) is 0 Å². The van der Waals surface area contributed by atoms with Crippen molar-refractivity contribution < 1.29 is 4.79 Å². The third kappa shape index (κ3) is 2.22. The fourth-order valence-electron chi connectivity index (χ4n) is 1.37. The summed E-state index contributed by atoms with van der Waals surface area (Å²) in [7, 11) is 0. The first-order chi connectivity index (χ1) is 7.31. The first kappa shape index (κ1) is 10.3. The van der Waals surface area contributed by atoms with Crippen LogP contribution in [0.5, 0.6) is 0 Å². The van der Waals surface area contributed by atoms with Crippen LogP contribution in [0.1, 0.15) is 17.3 Å². The van der Waals surface area contributed by atoms with Gasteiger partial charge in [-0.1, -0.05) is 6.92 Å². The third-order valence-electron chi connectivity index (χ3n) is 2.19. The molecule has 0 bridgehead atoms. The third-order valence-corrected chi connectivity index (χ3v) is 3.00. The van der Waals surface area contributed by atoms with Gasteiger partial charge in [0.05, 0.1) is 22.3 Å². The maximum absolute atomic E-state index is 11.7. The second kappa shape index (κ2) is 4.51. The van der Waals surface area contributed by atoms with Gasteiger partial charge in [0.25, 0.3) is 0 Å². The van der Waals surface area contributed by atoms with E-state index in [-0.39, 0.29) is 5.78 Å². The van der Waals surface area contributed by atoms with Crippen molar-refractivity contribution in [3.05, 3.63) is 29.3 Å². The Morgan fingerprint density at radius 3 is 3.20 bits per heavy atom. The quantitative estimate of drug-likeness (QED) is 0.802. The number of aromatic nitrogens is 1. The number of nitrogens with zero attached hydrogens (tertiary/aromatic N) is 1. The summed E-state index contributed by atoms with van der Waals surface area (Å²) in [6, 6.07) is 5.66. The number of likely N-dealkylation sites (N-methyl/N-ethyl adjacent to an activating group) is 1. The predicted octanol–water partition coefficient (Wildman–Crippen LogP) is 2.09. The first-order valence-electron chi connectivity index (χ1n) is 4.88. The monoisotopic (exact) mass is 220 g/mol. The van der Waals surface area contributed by atoms with Crippen LogP contribution in [-0.4, -0.2) is 23.9 Å². The normalized spacial score (nSPS) is 10.7. The molecule has 0 aliphatic rings. The average Bonchev–Trinajstić information content (AvgIpc) is 2.72. The van der Waals surface area contributed by atoms with Crippen molar-refractivity contribution in [2.75, 3.05) is 13.1 Å². The molecule has 0 aliphatic heterocycles. The number of nitrogens with one attached hydrogen (secondary N) is 1. The summed E-state index contributed by atoms with van der Waals surface area (Å²) in [6.07, 6.45) is 0. The maximum atomic E-state index is 11.7. The minimum atomic E-state index is 0.117. The van der Waals surface area contributed by atoms with Gasteiger partial charge in [0.15, 0.2) is 5.78 Å². The number of thiazole rings is 1. The van der Waals surface area contributed by atoms with Gasteiger partial charge >= 0.3 is 0 Å². The molecule has 4 heteroatoms. The number of rotatable bonds is 4. The number of carbonyl (C=O) groups is 1. The minimum Gasteiger partial charge on any atom is -0.310 e. The van der Waals surface area contributed by atoms with Gasteiger partial charge < -0.3 is 5.32 Å². The fraction of sp³-hybridized carbons (Fsp3) is 0.273. The van der Waals surface area contributed by atoms with E-state index in [1.807, 2.05) is 25.1 Å². The Morgan fingerprint density at radius 1 is 1.53 bits per heavy atom. The zero-order valence-corrected chi connectivity index (χ0v) is 9.30. The summed E-state index contributed by atoms with van der Waals surface area (Å²) in [5.41, 5.74) is 3.43. The van der Waals surface area contributed by atoms with Crippen LogP contribution in [-0.2, 0) is 0 Å². The molecule has 0 amide bonds. The molecule has 1 aromatic heterocycles. The highest BCUT2D eigenvalue weighted by Crippen LogP contribution is 2.18. The van der Waals surface area contributed by atoms with Gasteiger partial charge in [-0.05, 0) is 24.7 Å². The van der Waals surface area contributed by atoms with Crippen LogP contribution in [0, 0.1) is 0 Å². The Hall–Kier alpha value is -1.26. The van der Waals surface area contributed by atoms with E-state index in [1.54, 1.807) is 16.8 Å². The highest BCUT2D eigenvalue weighted by Gasteiger charge is 2.06. The zero-order chi connectivity index (χ0) is 10.7. The maximum Gasteiger partial charge on any atom is 0.176 e. The molecule has 0 unspecified atom stereocenters. The molecule has 0 fully saturated rings. The summed E-state index contributed by atoms with van der Waals surface area (Å²) in [6.45, 7) is 3.19. The highest BCUT2D eigenvalue weighted by atomic mass is 32.1. The Labute approximate surface area is 92.1 Å². The van der Waals surface area contributed by atoms with E-state index in [4.69, 9.17) is 0 Å². The lowest BCUT2D eigenvalue weighted by molar-refractivity contribution is 0.0992. The standard InChI is InChI=1S/C11H12N2OS/c1-2-12-6-10(14)8-3-4-11-9(5-8)13-7-15-11/h3-5,7,12H,2,6H2,1H3. The van der Waals surface area contributed by atoms with Gasteiger partial charge in [0, 0.05) is 5.56 Å². The van der Waals surface area contributed by atoms with Crippen LogP contribution in [0.3, 0.4) is 0 Å². The van der Waals surface area contributed by atoms with Gasteiger partial charge in [-0.25, -0.2) is 4.98 Å². The highest BCUT2D eigenvalue weighted by molar-refractivity contribution is 7.16. The summed E-state index contributed by atoms with van der Waals surface area (Å²) in [4.78, 5) is 15.9. The Morgan fingerprint density at radius 2 is 2.40 bits per heavy atom. The second-order valence-corrected chi connectivity index (χ2v) is 4.12. The van der Waals surface area contributed by atoms with Crippen molar-refractivity contribution >= 4 is 27.3 Å². The molecule has 0 spiro atoms. The van der Waals surface area contributed by atoms with E-state index in [1.165, 1.54) is 0 Å². The van der Waals surface area contributed by atoms with Crippen molar-refractivity contribution in [1.29, 1.82) is 0 Å². The molecule has 1 heterocycles. The molecule has 78 valence electrons. The molecular weight excluding hydrogens is 208 g/mol. The molecule has 0 saturated heterocycles. The second-order valence-electron chi connectivity index (χ2n) is 3.24. The van der Waals surface area contributed by atoms with Crippen LogP contribution in [0.25, 0.3) is 10.2 Å². The molecule has 0 radical (unpaired) electrons. The van der Waals surface area contributed by atoms with Gasteiger partial charge in [0.1, 0.15) is 0 Å². The first-order valence-corrected chi connectivity index (χ1v) is 5.76. The van der Waals surface area contributed by atoms with Crippen molar-refractivity contribution in [3.63, 3.8) is 0 Å². The summed E-state index contributed by atoms with van der Waals surface area (Å²) in [5, 5.41) is 3.02. The number of ketones is 1. The number of fused-ring (bicyclic) bond motifs is 1. The molecule has 0 aliphatic carbocycles. The van der Waals surface area contributed by atoms with Gasteiger partial charge in [-0.15, -0.1) is 11.3 Å². The Bertz CT molecular complexity index is 478. The van der Waals surface area contributed by atoms with Crippen molar-refractivity contribution in [2.24, 2.45) is 0 Å².